The first-order chi connectivity index (χ1) is 39.7. The van der Waals surface area contributed by atoms with Gasteiger partial charge in [0, 0.05) is 124 Å². The molecule has 0 aromatic carbocycles. The SMILES string of the molecule is C1COCCN1.CC.CS(=O)(=O)N1CCN(Cc2csc3c(-c4ccc(N)nc4)nc(N4CCOCC4)nc23)CC1.Nc1ccc(-c2nc(Cl)nc3c(Br)csc23)cn1.Nc1ccc(-c2nc(N3CCOCC3)nc3c(Br)csc23)cn1. The van der Waals surface area contributed by atoms with Gasteiger partial charge in [-0.2, -0.15) is 4.31 Å². The van der Waals surface area contributed by atoms with E-state index < -0.39 is 10.0 Å². The molecule has 0 saturated carbocycles. The molecule has 4 fully saturated rings. The van der Waals surface area contributed by atoms with Crippen molar-refractivity contribution in [3.05, 3.63) is 90.9 Å². The molecule has 22 nitrogen and oxygen atoms in total. The Balaban J connectivity index is 0.000000144. The van der Waals surface area contributed by atoms with E-state index in [1.807, 2.05) is 42.8 Å². The number of fused-ring (bicyclic) bond motifs is 3. The van der Waals surface area contributed by atoms with E-state index in [9.17, 15) is 8.42 Å². The van der Waals surface area contributed by atoms with Crippen LogP contribution in [-0.4, -0.2) is 174 Å². The van der Waals surface area contributed by atoms with Crippen molar-refractivity contribution in [3.8, 4) is 33.8 Å². The van der Waals surface area contributed by atoms with Gasteiger partial charge < -0.3 is 46.5 Å². The van der Waals surface area contributed by atoms with E-state index in [0.717, 1.165) is 144 Å². The topological polar surface area (TPSA) is 281 Å². The van der Waals surface area contributed by atoms with Crippen molar-refractivity contribution >= 4 is 147 Å². The van der Waals surface area contributed by atoms with Gasteiger partial charge in [0.1, 0.15) is 28.5 Å². The number of hydrogen-bond donors (Lipinski definition) is 4. The Hall–Kier alpha value is -5.47. The van der Waals surface area contributed by atoms with E-state index in [0.29, 0.717) is 76.0 Å². The summed E-state index contributed by atoms with van der Waals surface area (Å²) in [6.07, 6.45) is 6.46. The van der Waals surface area contributed by atoms with Crippen LogP contribution in [0.2, 0.25) is 5.28 Å². The second kappa shape index (κ2) is 28.9. The zero-order valence-electron chi connectivity index (χ0n) is 45.3. The maximum Gasteiger partial charge on any atom is 0.226 e. The zero-order valence-corrected chi connectivity index (χ0v) is 52.5. The van der Waals surface area contributed by atoms with Crippen molar-refractivity contribution in [1.82, 2.24) is 59.4 Å². The molecule has 4 aliphatic rings. The summed E-state index contributed by atoms with van der Waals surface area (Å²) in [7, 11) is -3.15. The highest BCUT2D eigenvalue weighted by Crippen LogP contribution is 2.39. The molecule has 4 saturated heterocycles. The number of anilines is 5. The predicted octanol–water partition coefficient (Wildman–Crippen LogP) is 8.57. The van der Waals surface area contributed by atoms with Crippen molar-refractivity contribution in [1.29, 1.82) is 0 Å². The number of sulfonamides is 1. The Labute approximate surface area is 509 Å². The predicted molar refractivity (Wildman–Crippen MR) is 338 cm³/mol. The van der Waals surface area contributed by atoms with Crippen LogP contribution in [0.25, 0.3) is 64.4 Å². The molecule has 0 aliphatic carbocycles. The molecule has 13 heterocycles. The maximum absolute atomic E-state index is 11.8. The van der Waals surface area contributed by atoms with E-state index in [1.54, 1.807) is 75.1 Å². The van der Waals surface area contributed by atoms with Crippen LogP contribution in [0.15, 0.2) is 80.1 Å². The number of thiophene rings is 3. The summed E-state index contributed by atoms with van der Waals surface area (Å²) in [5.74, 6) is 2.87. The van der Waals surface area contributed by atoms with Crippen LogP contribution in [0.3, 0.4) is 0 Å². The number of pyridine rings is 3. The molecule has 82 heavy (non-hydrogen) atoms. The Morgan fingerprint density at radius 1 is 0.561 bits per heavy atom. The third-order valence-electron chi connectivity index (χ3n) is 13.0. The van der Waals surface area contributed by atoms with Gasteiger partial charge in [-0.25, -0.2) is 53.3 Å². The molecule has 29 heteroatoms. The summed E-state index contributed by atoms with van der Waals surface area (Å²) >= 11 is 17.8. The zero-order chi connectivity index (χ0) is 57.8. The number of morpholine rings is 3. The fourth-order valence-corrected chi connectivity index (χ4v) is 14.0. The van der Waals surface area contributed by atoms with Gasteiger partial charge in [0.2, 0.25) is 27.2 Å². The van der Waals surface area contributed by atoms with Crippen molar-refractivity contribution in [2.75, 3.05) is 138 Å². The van der Waals surface area contributed by atoms with Gasteiger partial charge in [0.05, 0.1) is 91.5 Å². The molecule has 0 radical (unpaired) electrons. The number of aromatic nitrogens is 9. The van der Waals surface area contributed by atoms with Gasteiger partial charge in [0.25, 0.3) is 0 Å². The molecular formula is C53H62Br2ClN17O5S4. The number of ether oxygens (including phenoxy) is 3. The number of nitrogens with one attached hydrogen (secondary N) is 1. The highest BCUT2D eigenvalue weighted by atomic mass is 79.9. The molecule has 0 atom stereocenters. The lowest BCUT2D eigenvalue weighted by atomic mass is 10.1. The minimum Gasteiger partial charge on any atom is -0.384 e. The van der Waals surface area contributed by atoms with Gasteiger partial charge in [-0.15, -0.1) is 34.0 Å². The van der Waals surface area contributed by atoms with Crippen LogP contribution >= 0.6 is 77.5 Å². The summed E-state index contributed by atoms with van der Waals surface area (Å²) < 4.78 is 46.1. The number of nitrogens with two attached hydrogens (primary N) is 3. The first kappa shape index (κ1) is 61.1. The van der Waals surface area contributed by atoms with Crippen LogP contribution in [0, 0.1) is 0 Å². The molecule has 4 aliphatic heterocycles. The van der Waals surface area contributed by atoms with Gasteiger partial charge in [-0.3, -0.25) is 4.90 Å². The largest absolute Gasteiger partial charge is 0.384 e. The lowest BCUT2D eigenvalue weighted by molar-refractivity contribution is 0.109. The lowest BCUT2D eigenvalue weighted by Crippen LogP contribution is -2.47. The van der Waals surface area contributed by atoms with Crippen molar-refractivity contribution in [2.45, 2.75) is 20.4 Å². The maximum atomic E-state index is 11.8. The first-order valence-corrected chi connectivity index (χ1v) is 32.8. The standard InChI is InChI=1S/C21H27N7O3S2.C15H14BrN5OS.C11H6BrClN4S.C4H9NO.C2H6/c1-33(29,30)28-6-4-26(5-7-28)13-16-14-32-20-18(15-2-3-17(22)23-12-15)24-21(25-19(16)20)27-8-10-31-11-9-27;16-10-8-23-14-12(9-1-2-11(17)18-7-9)19-15(20-13(10)14)21-3-5-22-6-4-21;12-6-4-18-10-8(16-11(13)17-9(6)10)5-1-2-7(14)15-3-5;1-3-6-4-2-5-1;1-2/h2-3,12,14H,4-11,13H2,1H3,(H2,22,23);1-2,7-8H,3-6H2,(H2,17,18);1-4H,(H2,14,15);5H,1-4H2;1-2H3. The van der Waals surface area contributed by atoms with Crippen LogP contribution < -0.4 is 32.3 Å². The lowest BCUT2D eigenvalue weighted by Gasteiger charge is -2.33. The summed E-state index contributed by atoms with van der Waals surface area (Å²) in [4.78, 5) is 47.0. The third kappa shape index (κ3) is 15.4. The second-order valence-corrected chi connectivity index (χ2v) is 25.1. The number of hydrogen-bond acceptors (Lipinski definition) is 24. The van der Waals surface area contributed by atoms with E-state index >= 15 is 0 Å². The number of rotatable bonds is 8. The Kier molecular flexibility index (Phi) is 21.5. The van der Waals surface area contributed by atoms with Crippen LogP contribution in [0.5, 0.6) is 0 Å². The molecule has 9 aromatic rings. The average molecular weight is 1340 g/mol. The third-order valence-corrected chi connectivity index (χ3v) is 19.3. The summed E-state index contributed by atoms with van der Waals surface area (Å²) in [6, 6.07) is 11.1. The minimum atomic E-state index is -3.15. The van der Waals surface area contributed by atoms with Crippen LogP contribution in [0.1, 0.15) is 19.4 Å². The molecule has 13 rings (SSSR count). The Morgan fingerprint density at radius 2 is 0.976 bits per heavy atom. The Morgan fingerprint density at radius 3 is 1.39 bits per heavy atom. The molecule has 0 spiro atoms. The smallest absolute Gasteiger partial charge is 0.226 e. The van der Waals surface area contributed by atoms with Crippen LogP contribution in [-0.2, 0) is 30.8 Å². The van der Waals surface area contributed by atoms with Crippen LogP contribution in [0.4, 0.5) is 29.4 Å². The monoisotopic (exact) mass is 1340 g/mol. The summed E-state index contributed by atoms with van der Waals surface area (Å²) in [5.41, 5.74) is 26.1. The van der Waals surface area contributed by atoms with Gasteiger partial charge in [0.15, 0.2) is 0 Å². The van der Waals surface area contributed by atoms with Crippen molar-refractivity contribution in [2.24, 2.45) is 0 Å². The highest BCUT2D eigenvalue weighted by molar-refractivity contribution is 9.11. The molecule has 434 valence electrons. The molecule has 0 bridgehead atoms. The first-order valence-electron chi connectivity index (χ1n) is 26.4. The van der Waals surface area contributed by atoms with E-state index in [-0.39, 0.29) is 5.28 Å². The van der Waals surface area contributed by atoms with E-state index in [1.165, 1.54) is 6.26 Å². The molecular weight excluding hydrogens is 1280 g/mol. The van der Waals surface area contributed by atoms with E-state index in [4.69, 9.17) is 62.9 Å². The normalized spacial score (nSPS) is 16.1. The summed E-state index contributed by atoms with van der Waals surface area (Å²) in [6.45, 7) is 16.8. The Bertz CT molecular complexity index is 3640. The average Bonchev–Trinajstić information content (AvgIpc) is 4.40. The number of halogens is 3. The van der Waals surface area contributed by atoms with Crippen molar-refractivity contribution in [3.63, 3.8) is 0 Å². The number of nitrogens with zero attached hydrogens (tertiary/aromatic N) is 13. The fourth-order valence-electron chi connectivity index (χ4n) is 8.82. The fraction of sp³-hybridized carbons (Fsp3) is 0.377. The number of nitrogen functional groups attached to an aromatic ring is 3. The molecule has 0 unspecified atom stereocenters. The quantitative estimate of drug-likeness (QED) is 0.104. The van der Waals surface area contributed by atoms with Gasteiger partial charge in [-0.05, 0) is 85.2 Å². The van der Waals surface area contributed by atoms with Crippen molar-refractivity contribution < 1.29 is 22.6 Å². The molecule has 7 N–H and O–H groups in total. The molecule has 9 aromatic heterocycles. The molecule has 0 amide bonds. The summed E-state index contributed by atoms with van der Waals surface area (Å²) in [5, 5.41) is 9.51. The minimum absolute atomic E-state index is 0.216. The highest BCUT2D eigenvalue weighted by Gasteiger charge is 2.26. The van der Waals surface area contributed by atoms with E-state index in [2.05, 4.69) is 82.2 Å². The number of piperazine rings is 1. The second-order valence-electron chi connectivity index (χ2n) is 18.5. The van der Waals surface area contributed by atoms with Gasteiger partial charge >= 0.3 is 0 Å². The van der Waals surface area contributed by atoms with Gasteiger partial charge in [-0.1, -0.05) is 13.8 Å².